The molecule has 0 fully saturated rings. The molecule has 3 heteroatoms. The van der Waals surface area contributed by atoms with Gasteiger partial charge in [-0.25, -0.2) is 9.97 Å². The molecule has 0 radical (unpaired) electrons. The minimum Gasteiger partial charge on any atom is -0.228 e. The van der Waals surface area contributed by atoms with E-state index in [1.165, 1.54) is 64.7 Å². The molecule has 0 bridgehead atoms. The molecule has 2 nitrogen and oxygen atoms in total. The zero-order valence-electron chi connectivity index (χ0n) is 35.6. The largest absolute Gasteiger partial charge is 0.228 e. The number of nitrogens with zero attached hydrogens (tertiary/aromatic N) is 2. The average molecular weight is 835 g/mol. The predicted molar refractivity (Wildman–Crippen MR) is 271 cm³/mol. The van der Waals surface area contributed by atoms with Crippen LogP contribution in [0.2, 0.25) is 0 Å². The van der Waals surface area contributed by atoms with E-state index in [0.717, 1.165) is 50.3 Å². The molecule has 0 saturated heterocycles. The minimum absolute atomic E-state index is 0.147. The smallest absolute Gasteiger partial charge is 0.160 e. The van der Waals surface area contributed by atoms with E-state index in [1.807, 2.05) is 17.4 Å². The summed E-state index contributed by atoms with van der Waals surface area (Å²) in [4.78, 5) is 10.6. The maximum Gasteiger partial charge on any atom is 0.160 e. The van der Waals surface area contributed by atoms with Gasteiger partial charge in [-0.2, -0.15) is 0 Å². The van der Waals surface area contributed by atoms with Crippen molar-refractivity contribution in [2.24, 2.45) is 0 Å². The molecule has 302 valence electrons. The summed E-state index contributed by atoms with van der Waals surface area (Å²) < 4.78 is 2.60. The Bertz CT molecular complexity index is 3570. The lowest BCUT2D eigenvalue weighted by Crippen LogP contribution is -2.15. The average Bonchev–Trinajstić information content (AvgIpc) is 3.85. The van der Waals surface area contributed by atoms with Gasteiger partial charge in [0.2, 0.25) is 0 Å². The summed E-state index contributed by atoms with van der Waals surface area (Å²) in [5.74, 6) is 0.697. The molecule has 64 heavy (non-hydrogen) atoms. The fraction of sp³-hybridized carbons (Fsp3) is 0.0492. The van der Waals surface area contributed by atoms with E-state index >= 15 is 0 Å². The second kappa shape index (κ2) is 15.3. The standard InChI is InChI=1S/C61H42N2S/c1-61(2)54-36-44(39-15-6-3-7-16-39)25-28-50(54)51-29-26-45(37-55(51)61)42-21-14-22-46(31-42)56-38-57(63-60(62-56)41-19-10-5-11-20-41)49-33-47(40-17-8-4-9-18-40)32-48(34-49)43-27-30-59-53(35-43)52-23-12-13-24-58(52)64-59/h3-38H,1-2H3. The molecule has 9 aromatic carbocycles. The van der Waals surface area contributed by atoms with Gasteiger partial charge in [0.15, 0.2) is 5.82 Å². The third-order valence-electron chi connectivity index (χ3n) is 13.1. The predicted octanol–water partition coefficient (Wildman–Crippen LogP) is 16.8. The van der Waals surface area contributed by atoms with Crippen molar-refractivity contribution in [3.8, 4) is 89.5 Å². The van der Waals surface area contributed by atoms with Crippen molar-refractivity contribution in [1.29, 1.82) is 0 Å². The van der Waals surface area contributed by atoms with E-state index < -0.39 is 0 Å². The zero-order chi connectivity index (χ0) is 42.8. The van der Waals surface area contributed by atoms with Crippen LogP contribution in [0.25, 0.3) is 110 Å². The maximum absolute atomic E-state index is 5.32. The minimum atomic E-state index is -0.147. The Morgan fingerprint density at radius 2 is 0.766 bits per heavy atom. The first kappa shape index (κ1) is 38.0. The van der Waals surface area contributed by atoms with Gasteiger partial charge in [0, 0.05) is 42.3 Å². The van der Waals surface area contributed by atoms with Crippen LogP contribution < -0.4 is 0 Å². The molecule has 0 saturated carbocycles. The Morgan fingerprint density at radius 3 is 1.45 bits per heavy atom. The van der Waals surface area contributed by atoms with Crippen molar-refractivity contribution >= 4 is 31.5 Å². The topological polar surface area (TPSA) is 25.8 Å². The van der Waals surface area contributed by atoms with Crippen LogP contribution >= 0.6 is 11.3 Å². The van der Waals surface area contributed by atoms with Crippen LogP contribution in [-0.4, -0.2) is 9.97 Å². The van der Waals surface area contributed by atoms with Crippen LogP contribution in [0.3, 0.4) is 0 Å². The number of hydrogen-bond donors (Lipinski definition) is 0. The van der Waals surface area contributed by atoms with Crippen molar-refractivity contribution in [3.05, 3.63) is 230 Å². The summed E-state index contributed by atoms with van der Waals surface area (Å²) in [7, 11) is 0. The number of fused-ring (bicyclic) bond motifs is 6. The first-order chi connectivity index (χ1) is 31.4. The van der Waals surface area contributed by atoms with Gasteiger partial charge in [0.25, 0.3) is 0 Å². The van der Waals surface area contributed by atoms with Crippen LogP contribution in [0.15, 0.2) is 218 Å². The molecule has 1 aliphatic carbocycles. The second-order valence-corrected chi connectivity index (χ2v) is 18.5. The summed E-state index contributed by atoms with van der Waals surface area (Å²) in [5, 5.41) is 2.58. The Labute approximate surface area is 377 Å². The number of rotatable bonds is 7. The van der Waals surface area contributed by atoms with Gasteiger partial charge in [0.1, 0.15) is 0 Å². The molecule has 0 unspecified atom stereocenters. The Hall–Kier alpha value is -7.72. The Kier molecular flexibility index (Phi) is 9.06. The summed E-state index contributed by atoms with van der Waals surface area (Å²) in [5.41, 5.74) is 19.5. The van der Waals surface area contributed by atoms with E-state index in [9.17, 15) is 0 Å². The third kappa shape index (κ3) is 6.64. The quantitative estimate of drug-likeness (QED) is 0.160. The lowest BCUT2D eigenvalue weighted by Gasteiger charge is -2.22. The zero-order valence-corrected chi connectivity index (χ0v) is 36.4. The Morgan fingerprint density at radius 1 is 0.312 bits per heavy atom. The van der Waals surface area contributed by atoms with Crippen molar-refractivity contribution in [3.63, 3.8) is 0 Å². The van der Waals surface area contributed by atoms with E-state index in [2.05, 4.69) is 226 Å². The van der Waals surface area contributed by atoms with Crippen LogP contribution in [0.4, 0.5) is 0 Å². The van der Waals surface area contributed by atoms with Gasteiger partial charge >= 0.3 is 0 Å². The molecular formula is C61H42N2S. The van der Waals surface area contributed by atoms with Crippen molar-refractivity contribution in [2.75, 3.05) is 0 Å². The Balaban J connectivity index is 0.971. The second-order valence-electron chi connectivity index (χ2n) is 17.4. The highest BCUT2D eigenvalue weighted by Gasteiger charge is 2.36. The van der Waals surface area contributed by atoms with Gasteiger partial charge < -0.3 is 0 Å². The third-order valence-corrected chi connectivity index (χ3v) is 14.2. The lowest BCUT2D eigenvalue weighted by atomic mass is 9.81. The van der Waals surface area contributed by atoms with E-state index in [4.69, 9.17) is 9.97 Å². The molecule has 2 heterocycles. The fourth-order valence-electron chi connectivity index (χ4n) is 9.69. The molecule has 2 aromatic heterocycles. The molecule has 12 rings (SSSR count). The highest BCUT2D eigenvalue weighted by atomic mass is 32.1. The number of aromatic nitrogens is 2. The molecule has 0 amide bonds. The van der Waals surface area contributed by atoms with Crippen LogP contribution in [-0.2, 0) is 5.41 Å². The molecule has 0 aliphatic heterocycles. The first-order valence-corrected chi connectivity index (χ1v) is 22.8. The number of hydrogen-bond acceptors (Lipinski definition) is 3. The van der Waals surface area contributed by atoms with E-state index in [0.29, 0.717) is 5.82 Å². The fourth-order valence-corrected chi connectivity index (χ4v) is 10.8. The van der Waals surface area contributed by atoms with Crippen molar-refractivity contribution in [2.45, 2.75) is 19.3 Å². The highest BCUT2D eigenvalue weighted by molar-refractivity contribution is 7.25. The molecule has 11 aromatic rings. The van der Waals surface area contributed by atoms with Crippen molar-refractivity contribution in [1.82, 2.24) is 9.97 Å². The maximum atomic E-state index is 5.32. The molecule has 0 spiro atoms. The first-order valence-electron chi connectivity index (χ1n) is 22.0. The normalized spacial score (nSPS) is 12.7. The van der Waals surface area contributed by atoms with Gasteiger partial charge in [-0.1, -0.05) is 172 Å². The molecule has 1 aliphatic rings. The van der Waals surface area contributed by atoms with Gasteiger partial charge in [0.05, 0.1) is 11.4 Å². The van der Waals surface area contributed by atoms with Crippen LogP contribution in [0, 0.1) is 0 Å². The summed E-state index contributed by atoms with van der Waals surface area (Å²) in [6, 6.07) is 79.2. The van der Waals surface area contributed by atoms with Gasteiger partial charge in [-0.3, -0.25) is 0 Å². The SMILES string of the molecule is CC1(C)c2cc(-c3ccccc3)ccc2-c2ccc(-c3cccc(-c4cc(-c5cc(-c6ccccc6)cc(-c6ccc7sc8ccccc8c7c6)c5)nc(-c5ccccc5)n4)c3)cc21. The van der Waals surface area contributed by atoms with Crippen molar-refractivity contribution < 1.29 is 0 Å². The summed E-state index contributed by atoms with van der Waals surface area (Å²) in [6.07, 6.45) is 0. The molecule has 0 N–H and O–H groups in total. The van der Waals surface area contributed by atoms with E-state index in [1.54, 1.807) is 0 Å². The number of thiophene rings is 1. The van der Waals surface area contributed by atoms with Crippen LogP contribution in [0.1, 0.15) is 25.0 Å². The summed E-state index contributed by atoms with van der Waals surface area (Å²) >= 11 is 1.85. The number of benzene rings is 9. The van der Waals surface area contributed by atoms with E-state index in [-0.39, 0.29) is 5.41 Å². The highest BCUT2D eigenvalue weighted by Crippen LogP contribution is 2.51. The molecular weight excluding hydrogens is 793 g/mol. The summed E-state index contributed by atoms with van der Waals surface area (Å²) in [6.45, 7) is 4.72. The van der Waals surface area contributed by atoms with Gasteiger partial charge in [-0.05, 0) is 127 Å². The monoisotopic (exact) mass is 834 g/mol. The molecule has 0 atom stereocenters. The lowest BCUT2D eigenvalue weighted by molar-refractivity contribution is 0.661. The van der Waals surface area contributed by atoms with Crippen LogP contribution in [0.5, 0.6) is 0 Å². The van der Waals surface area contributed by atoms with Gasteiger partial charge in [-0.15, -0.1) is 11.3 Å².